The smallest absolute Gasteiger partial charge is 0.135 e. The van der Waals surface area contributed by atoms with Crippen molar-refractivity contribution < 1.29 is 4.42 Å². The third kappa shape index (κ3) is 4.93. The molecule has 50 heavy (non-hydrogen) atoms. The molecule has 0 N–H and O–H groups in total. The summed E-state index contributed by atoms with van der Waals surface area (Å²) in [5.41, 5.74) is 12.8. The highest BCUT2D eigenvalue weighted by molar-refractivity contribution is 5.81. The normalized spacial score (nSPS) is 24.0. The number of hydrogen-bond acceptors (Lipinski definition) is 2. The lowest BCUT2D eigenvalue weighted by Crippen LogP contribution is -2.30. The van der Waals surface area contributed by atoms with Crippen LogP contribution in [0.5, 0.6) is 0 Å². The second-order valence-corrected chi connectivity index (χ2v) is 14.3. The van der Waals surface area contributed by atoms with Gasteiger partial charge in [-0.15, -0.1) is 0 Å². The van der Waals surface area contributed by atoms with Crippen molar-refractivity contribution in [2.45, 2.75) is 43.1 Å². The van der Waals surface area contributed by atoms with E-state index in [4.69, 9.17) is 4.42 Å². The van der Waals surface area contributed by atoms with Gasteiger partial charge in [0.1, 0.15) is 11.0 Å². The molecule has 5 aliphatic rings. The van der Waals surface area contributed by atoms with E-state index in [1.165, 1.54) is 55.4 Å². The maximum Gasteiger partial charge on any atom is 0.135 e. The number of hydrogen-bond donors (Lipinski definition) is 0. The molecule has 5 atom stereocenters. The van der Waals surface area contributed by atoms with Crippen LogP contribution in [0.1, 0.15) is 53.7 Å². The van der Waals surface area contributed by atoms with E-state index in [1.54, 1.807) is 0 Å². The fraction of sp³-hybridized carbons (Fsp3) is 0.167. The van der Waals surface area contributed by atoms with Gasteiger partial charge in [-0.05, 0) is 89.1 Å². The molecule has 0 saturated carbocycles. The molecule has 2 nitrogen and oxygen atoms in total. The van der Waals surface area contributed by atoms with Crippen molar-refractivity contribution in [1.82, 2.24) is 0 Å². The van der Waals surface area contributed by atoms with E-state index < -0.39 is 0 Å². The van der Waals surface area contributed by atoms with Gasteiger partial charge in [-0.1, -0.05) is 134 Å². The first-order valence-corrected chi connectivity index (χ1v) is 18.2. The van der Waals surface area contributed by atoms with Gasteiger partial charge in [-0.3, -0.25) is 0 Å². The molecule has 5 aliphatic carbocycles. The Hall–Kier alpha value is -5.60. The van der Waals surface area contributed by atoms with Gasteiger partial charge in [0, 0.05) is 45.7 Å². The zero-order valence-electron chi connectivity index (χ0n) is 28.0. The van der Waals surface area contributed by atoms with Crippen molar-refractivity contribution in [1.29, 1.82) is 0 Å². The number of anilines is 2. The zero-order valence-corrected chi connectivity index (χ0v) is 28.0. The topological polar surface area (TPSA) is 16.4 Å². The van der Waals surface area contributed by atoms with E-state index >= 15 is 0 Å². The van der Waals surface area contributed by atoms with Crippen LogP contribution in [0.3, 0.4) is 0 Å². The Morgan fingerprint density at radius 2 is 1.36 bits per heavy atom. The van der Waals surface area contributed by atoms with Gasteiger partial charge in [-0.2, -0.15) is 0 Å². The summed E-state index contributed by atoms with van der Waals surface area (Å²) in [4.78, 5) is 2.54. The molecule has 1 aromatic heterocycles. The lowest BCUT2D eigenvalue weighted by atomic mass is 9.70. The molecule has 0 amide bonds. The predicted molar refractivity (Wildman–Crippen MR) is 208 cm³/mol. The molecule has 0 radical (unpaired) electrons. The molecule has 0 aliphatic heterocycles. The van der Waals surface area contributed by atoms with E-state index in [9.17, 15) is 0 Å². The van der Waals surface area contributed by atoms with Crippen molar-refractivity contribution in [2.75, 3.05) is 4.90 Å². The average molecular weight is 646 g/mol. The average Bonchev–Trinajstić information content (AvgIpc) is 3.57. The number of allylic oxidation sites excluding steroid dienone is 10. The molecule has 0 bridgehead atoms. The van der Waals surface area contributed by atoms with Crippen molar-refractivity contribution >= 4 is 34.5 Å². The molecule has 4 aromatic carbocycles. The molecular weight excluding hydrogens is 607 g/mol. The summed E-state index contributed by atoms with van der Waals surface area (Å²) in [6.45, 7) is 0. The van der Waals surface area contributed by atoms with Gasteiger partial charge in [-0.25, -0.2) is 0 Å². The Labute approximate surface area is 293 Å². The third-order valence-corrected chi connectivity index (χ3v) is 11.5. The molecule has 2 heteroatoms. The Bertz CT molecular complexity index is 2450. The molecule has 0 saturated heterocycles. The number of benzene rings is 4. The summed E-state index contributed by atoms with van der Waals surface area (Å²) < 4.78 is 6.11. The van der Waals surface area contributed by atoms with E-state index in [-0.39, 0.29) is 6.04 Å². The number of fused-ring (bicyclic) bond motifs is 9. The van der Waals surface area contributed by atoms with Crippen molar-refractivity contribution in [3.05, 3.63) is 191 Å². The Morgan fingerprint density at radius 1 is 0.600 bits per heavy atom. The van der Waals surface area contributed by atoms with Gasteiger partial charge in [0.25, 0.3) is 0 Å². The first-order valence-electron chi connectivity index (χ1n) is 18.2. The largest absolute Gasteiger partial charge is 0.456 e. The summed E-state index contributed by atoms with van der Waals surface area (Å²) in [6.07, 6.45) is 33.1. The standard InChI is InChI=1S/C48H39NO/c1-2-10-36(11-3-1)49(38-27-28-43-41-14-5-4-12-39(41)40-13-6-7-15-42(40)45(43)31-38)37-25-22-33(23-26-37)32-18-20-34(21-19-32)35-24-29-48-46(30-35)44-16-8-9-17-47(44)50-48/h1-10,12-18,20-23,25-32,35-36,40,42H,11,19,24H2/t32?,35?,36?,40?,42-/m1/s1. The third-order valence-electron chi connectivity index (χ3n) is 11.5. The Morgan fingerprint density at radius 3 is 2.20 bits per heavy atom. The van der Waals surface area contributed by atoms with Crippen LogP contribution in [0.25, 0.3) is 34.2 Å². The van der Waals surface area contributed by atoms with Crippen molar-refractivity contribution in [2.24, 2.45) is 5.92 Å². The molecule has 5 aromatic rings. The van der Waals surface area contributed by atoms with Gasteiger partial charge in [0.05, 0.1) is 6.04 Å². The molecule has 0 spiro atoms. The maximum absolute atomic E-state index is 6.11. The molecular formula is C48H39NO. The van der Waals surface area contributed by atoms with Crippen LogP contribution in [-0.4, -0.2) is 6.04 Å². The van der Waals surface area contributed by atoms with Crippen LogP contribution < -0.4 is 15.5 Å². The fourth-order valence-corrected chi connectivity index (χ4v) is 8.93. The number of furan rings is 1. The first kappa shape index (κ1) is 29.3. The minimum Gasteiger partial charge on any atom is -0.456 e. The van der Waals surface area contributed by atoms with Crippen molar-refractivity contribution in [3.8, 4) is 11.1 Å². The van der Waals surface area contributed by atoms with Crippen LogP contribution in [0.2, 0.25) is 0 Å². The fourth-order valence-electron chi connectivity index (χ4n) is 8.93. The van der Waals surface area contributed by atoms with Crippen LogP contribution in [-0.2, 0) is 0 Å². The number of para-hydroxylation sites is 1. The molecule has 4 unspecified atom stereocenters. The first-order chi connectivity index (χ1) is 24.8. The zero-order chi connectivity index (χ0) is 33.0. The van der Waals surface area contributed by atoms with Gasteiger partial charge >= 0.3 is 0 Å². The Kier molecular flexibility index (Phi) is 7.08. The van der Waals surface area contributed by atoms with Crippen LogP contribution in [0, 0.1) is 5.92 Å². The van der Waals surface area contributed by atoms with Gasteiger partial charge in [0.2, 0.25) is 0 Å². The van der Waals surface area contributed by atoms with Crippen LogP contribution >= 0.6 is 0 Å². The quantitative estimate of drug-likeness (QED) is 0.189. The lowest BCUT2D eigenvalue weighted by Gasteiger charge is -2.37. The minimum absolute atomic E-state index is 0.258. The summed E-state index contributed by atoms with van der Waals surface area (Å²) >= 11 is 0. The van der Waals surface area contributed by atoms with Crippen LogP contribution in [0.4, 0.5) is 11.4 Å². The summed E-state index contributed by atoms with van der Waals surface area (Å²) in [5, 5.41) is 2.45. The van der Waals surface area contributed by atoms with Gasteiger partial charge in [0.15, 0.2) is 0 Å². The highest BCUT2D eigenvalue weighted by Gasteiger charge is 2.32. The maximum atomic E-state index is 6.11. The summed E-state index contributed by atoms with van der Waals surface area (Å²) in [6, 6.07) is 34.1. The molecule has 10 rings (SSSR count). The Balaban J connectivity index is 0.937. The summed E-state index contributed by atoms with van der Waals surface area (Å²) in [5.74, 6) is 1.48. The van der Waals surface area contributed by atoms with Crippen molar-refractivity contribution in [3.63, 3.8) is 0 Å². The predicted octanol–water partition coefficient (Wildman–Crippen LogP) is 10.7. The number of rotatable bonds is 5. The summed E-state index contributed by atoms with van der Waals surface area (Å²) in [7, 11) is 0. The number of nitrogens with zero attached hydrogens (tertiary/aromatic N) is 1. The molecule has 242 valence electrons. The minimum atomic E-state index is 0.258. The van der Waals surface area contributed by atoms with Gasteiger partial charge < -0.3 is 9.32 Å². The molecule has 0 fully saturated rings. The second-order valence-electron chi connectivity index (χ2n) is 14.3. The SMILES string of the molecule is C1=CCC(N(c2ccc(C3C=CC(C4C=c5c(oc6ccccc56)=CC4)=CC3)cc2)c2ccc3c(c2)[C@@H]2C=CC=CC2c2ccccc2-3)C=C1. The van der Waals surface area contributed by atoms with E-state index in [1.807, 2.05) is 6.07 Å². The van der Waals surface area contributed by atoms with Crippen LogP contribution in [0.15, 0.2) is 168 Å². The highest BCUT2D eigenvalue weighted by atomic mass is 16.3. The van der Waals surface area contributed by atoms with E-state index in [0.717, 1.165) is 30.3 Å². The lowest BCUT2D eigenvalue weighted by molar-refractivity contribution is 0.568. The molecule has 1 heterocycles. The van der Waals surface area contributed by atoms with E-state index in [2.05, 4.69) is 169 Å². The van der Waals surface area contributed by atoms with E-state index in [0.29, 0.717) is 23.7 Å². The highest BCUT2D eigenvalue weighted by Crippen LogP contribution is 2.50. The second kappa shape index (κ2) is 12.1. The monoisotopic (exact) mass is 645 g/mol.